The molecule has 1 heterocycles. The number of hydrogen-bond acceptors (Lipinski definition) is 5. The molecule has 0 aliphatic carbocycles. The van der Waals surface area contributed by atoms with Crippen LogP contribution in [0.1, 0.15) is 49.2 Å². The van der Waals surface area contributed by atoms with Crippen molar-refractivity contribution in [3.8, 4) is 5.75 Å². The summed E-state index contributed by atoms with van der Waals surface area (Å²) in [6, 6.07) is 14.4. The minimum absolute atomic E-state index is 0.118. The van der Waals surface area contributed by atoms with Gasteiger partial charge in [-0.05, 0) is 49.2 Å². The fourth-order valence-corrected chi connectivity index (χ4v) is 2.87. The number of unbranched alkanes of at least 4 members (excludes halogenated alkanes) is 2. The molecule has 3 rings (SSSR count). The molecule has 1 aromatic heterocycles. The minimum atomic E-state index is -0.493. The number of aromatic amines is 1. The number of amides is 1. The third-order valence-corrected chi connectivity index (χ3v) is 4.53. The average molecular weight is 392 g/mol. The van der Waals surface area contributed by atoms with Crippen LogP contribution in [0.3, 0.4) is 0 Å². The first kappa shape index (κ1) is 20.3. The number of benzene rings is 2. The monoisotopic (exact) mass is 392 g/mol. The van der Waals surface area contributed by atoms with Gasteiger partial charge < -0.3 is 4.74 Å². The van der Waals surface area contributed by atoms with E-state index in [0.717, 1.165) is 30.6 Å². The minimum Gasteiger partial charge on any atom is -0.494 e. The Hall–Kier alpha value is -3.48. The number of H-pyrrole nitrogens is 1. The molecule has 0 spiro atoms. The predicted octanol–water partition coefficient (Wildman–Crippen LogP) is 3.65. The summed E-state index contributed by atoms with van der Waals surface area (Å²) >= 11 is 0. The summed E-state index contributed by atoms with van der Waals surface area (Å²) in [5, 5.41) is 11.3. The zero-order valence-electron chi connectivity index (χ0n) is 16.6. The van der Waals surface area contributed by atoms with Crippen molar-refractivity contribution in [3.05, 3.63) is 70.1 Å². The summed E-state index contributed by atoms with van der Waals surface area (Å²) in [4.78, 5) is 24.4. The van der Waals surface area contributed by atoms with Crippen molar-refractivity contribution in [2.75, 3.05) is 6.61 Å². The molecule has 3 aromatic rings. The van der Waals surface area contributed by atoms with Gasteiger partial charge in [0, 0.05) is 5.39 Å². The van der Waals surface area contributed by atoms with Crippen LogP contribution in [0.25, 0.3) is 10.8 Å². The lowest BCUT2D eigenvalue weighted by molar-refractivity contribution is 0.0950. The van der Waals surface area contributed by atoms with Crippen LogP contribution in [0.15, 0.2) is 58.4 Å². The molecule has 0 aliphatic heterocycles. The maximum absolute atomic E-state index is 12.5. The summed E-state index contributed by atoms with van der Waals surface area (Å²) in [5.74, 6) is 0.318. The summed E-state index contributed by atoms with van der Waals surface area (Å²) in [6.45, 7) is 4.66. The van der Waals surface area contributed by atoms with Crippen LogP contribution in [-0.2, 0) is 0 Å². The van der Waals surface area contributed by atoms with Crippen molar-refractivity contribution >= 4 is 22.4 Å². The highest BCUT2D eigenvalue weighted by Gasteiger charge is 2.13. The fourth-order valence-electron chi connectivity index (χ4n) is 2.87. The van der Waals surface area contributed by atoms with E-state index < -0.39 is 5.91 Å². The van der Waals surface area contributed by atoms with E-state index in [9.17, 15) is 9.59 Å². The molecular formula is C22H24N4O3. The first-order valence-corrected chi connectivity index (χ1v) is 9.65. The summed E-state index contributed by atoms with van der Waals surface area (Å²) in [7, 11) is 0. The zero-order chi connectivity index (χ0) is 20.6. The van der Waals surface area contributed by atoms with Gasteiger partial charge in [-0.1, -0.05) is 38.0 Å². The second-order valence-electron chi connectivity index (χ2n) is 6.67. The van der Waals surface area contributed by atoms with Crippen LogP contribution < -0.4 is 15.7 Å². The van der Waals surface area contributed by atoms with E-state index in [4.69, 9.17) is 4.74 Å². The third kappa shape index (κ3) is 5.07. The molecule has 0 saturated heterocycles. The molecule has 7 nitrogen and oxygen atoms in total. The van der Waals surface area contributed by atoms with Gasteiger partial charge in [-0.15, -0.1) is 0 Å². The Bertz CT molecular complexity index is 1070. The Morgan fingerprint density at radius 1 is 1.10 bits per heavy atom. The number of hydrogen-bond donors (Lipinski definition) is 2. The molecule has 0 atom stereocenters. The molecule has 0 bridgehead atoms. The average Bonchev–Trinajstić information content (AvgIpc) is 2.76. The Balaban J connectivity index is 1.67. The lowest BCUT2D eigenvalue weighted by Crippen LogP contribution is -2.23. The summed E-state index contributed by atoms with van der Waals surface area (Å²) in [6.07, 6.45) is 3.36. The first-order valence-electron chi connectivity index (χ1n) is 9.65. The maximum atomic E-state index is 12.5. The molecule has 29 heavy (non-hydrogen) atoms. The van der Waals surface area contributed by atoms with E-state index in [1.54, 1.807) is 31.2 Å². The number of ether oxygens (including phenoxy) is 1. The van der Waals surface area contributed by atoms with Crippen LogP contribution in [0.2, 0.25) is 0 Å². The molecular weight excluding hydrogens is 368 g/mol. The third-order valence-electron chi connectivity index (χ3n) is 4.53. The standard InChI is InChI=1S/C22H24N4O3/c1-3-4-7-14-29-17-12-10-16(11-13-17)15(2)23-26-22(28)20-18-8-5-6-9-19(18)21(27)25-24-20/h5-6,8-13H,3-4,7,14H2,1-2H3,(H,25,27)(H,26,28)/b23-15-. The number of hydrazone groups is 1. The van der Waals surface area contributed by atoms with Gasteiger partial charge in [-0.2, -0.15) is 10.2 Å². The van der Waals surface area contributed by atoms with Crippen LogP contribution >= 0.6 is 0 Å². The van der Waals surface area contributed by atoms with E-state index in [0.29, 0.717) is 23.1 Å². The smallest absolute Gasteiger partial charge is 0.292 e. The number of rotatable bonds is 8. The predicted molar refractivity (Wildman–Crippen MR) is 114 cm³/mol. The van der Waals surface area contributed by atoms with Gasteiger partial charge in [-0.25, -0.2) is 10.5 Å². The molecule has 0 radical (unpaired) electrons. The molecule has 0 saturated carbocycles. The van der Waals surface area contributed by atoms with E-state index in [-0.39, 0.29) is 11.3 Å². The highest BCUT2D eigenvalue weighted by molar-refractivity contribution is 6.06. The molecule has 150 valence electrons. The Kier molecular flexibility index (Phi) is 6.73. The maximum Gasteiger partial charge on any atom is 0.292 e. The van der Waals surface area contributed by atoms with Gasteiger partial charge >= 0.3 is 0 Å². The van der Waals surface area contributed by atoms with Gasteiger partial charge in [-0.3, -0.25) is 9.59 Å². The number of fused-ring (bicyclic) bond motifs is 1. The van der Waals surface area contributed by atoms with Gasteiger partial charge in [0.15, 0.2) is 5.69 Å². The number of aromatic nitrogens is 2. The number of carbonyl (C=O) groups excluding carboxylic acids is 1. The molecule has 2 N–H and O–H groups in total. The van der Waals surface area contributed by atoms with Crippen molar-refractivity contribution < 1.29 is 9.53 Å². The van der Waals surface area contributed by atoms with E-state index in [2.05, 4.69) is 27.6 Å². The Morgan fingerprint density at radius 3 is 2.55 bits per heavy atom. The van der Waals surface area contributed by atoms with Crippen molar-refractivity contribution in [1.29, 1.82) is 0 Å². The van der Waals surface area contributed by atoms with Gasteiger partial charge in [0.05, 0.1) is 17.7 Å². The quantitative estimate of drug-likeness (QED) is 0.347. The van der Waals surface area contributed by atoms with Crippen molar-refractivity contribution in [3.63, 3.8) is 0 Å². The molecule has 0 fully saturated rings. The SMILES string of the molecule is CCCCCOc1ccc(/C(C)=N\NC(=O)c2n[nH]c(=O)c3ccccc23)cc1. The van der Waals surface area contributed by atoms with Crippen LogP contribution in [0.4, 0.5) is 0 Å². The molecule has 0 unspecified atom stereocenters. The van der Waals surface area contributed by atoms with Gasteiger partial charge in [0.1, 0.15) is 5.75 Å². The topological polar surface area (TPSA) is 96.4 Å². The van der Waals surface area contributed by atoms with Crippen molar-refractivity contribution in [2.45, 2.75) is 33.1 Å². The number of nitrogens with zero attached hydrogens (tertiary/aromatic N) is 2. The van der Waals surface area contributed by atoms with Crippen LogP contribution in [0, 0.1) is 0 Å². The van der Waals surface area contributed by atoms with Crippen molar-refractivity contribution in [2.24, 2.45) is 5.10 Å². The highest BCUT2D eigenvalue weighted by atomic mass is 16.5. The molecule has 2 aromatic carbocycles. The highest BCUT2D eigenvalue weighted by Crippen LogP contribution is 2.14. The number of nitrogens with one attached hydrogen (secondary N) is 2. The van der Waals surface area contributed by atoms with E-state index in [1.165, 1.54) is 0 Å². The van der Waals surface area contributed by atoms with Crippen LogP contribution in [0.5, 0.6) is 5.75 Å². The van der Waals surface area contributed by atoms with Gasteiger partial charge in [0.25, 0.3) is 11.5 Å². The van der Waals surface area contributed by atoms with Crippen LogP contribution in [-0.4, -0.2) is 28.4 Å². The zero-order valence-corrected chi connectivity index (χ0v) is 16.6. The molecule has 1 amide bonds. The number of carbonyl (C=O) groups is 1. The largest absolute Gasteiger partial charge is 0.494 e. The van der Waals surface area contributed by atoms with E-state index in [1.807, 2.05) is 24.3 Å². The lowest BCUT2D eigenvalue weighted by Gasteiger charge is -2.07. The second kappa shape index (κ2) is 9.64. The normalized spacial score (nSPS) is 11.4. The first-order chi connectivity index (χ1) is 14.1. The molecule has 0 aliphatic rings. The van der Waals surface area contributed by atoms with Gasteiger partial charge in [0.2, 0.25) is 0 Å². The lowest BCUT2D eigenvalue weighted by atomic mass is 10.1. The summed E-state index contributed by atoms with van der Waals surface area (Å²) < 4.78 is 5.70. The Morgan fingerprint density at radius 2 is 1.83 bits per heavy atom. The van der Waals surface area contributed by atoms with Crippen molar-refractivity contribution in [1.82, 2.24) is 15.6 Å². The fraction of sp³-hybridized carbons (Fsp3) is 0.273. The summed E-state index contributed by atoms with van der Waals surface area (Å²) in [5.41, 5.74) is 3.79. The Labute approximate surface area is 168 Å². The molecule has 7 heteroatoms. The second-order valence-corrected chi connectivity index (χ2v) is 6.67. The van der Waals surface area contributed by atoms with E-state index >= 15 is 0 Å².